The van der Waals surface area contributed by atoms with E-state index in [0.717, 1.165) is 12.8 Å². The van der Waals surface area contributed by atoms with Crippen LogP contribution in [0.25, 0.3) is 0 Å². The van der Waals surface area contributed by atoms with Gasteiger partial charge in [-0.1, -0.05) is 12.8 Å². The minimum Gasteiger partial charge on any atom is -0.464 e. The predicted molar refractivity (Wildman–Crippen MR) is 31.9 cm³/mol. The molecule has 1 spiro atoms. The van der Waals surface area contributed by atoms with E-state index in [9.17, 15) is 4.79 Å². The molecule has 0 aromatic rings. The molecule has 2 rings (SSSR count). The molecule has 1 aliphatic heterocycles. The van der Waals surface area contributed by atoms with Gasteiger partial charge in [0, 0.05) is 0 Å². The van der Waals surface area contributed by atoms with Gasteiger partial charge < -0.3 is 4.74 Å². The predicted octanol–water partition coefficient (Wildman–Crippen LogP) is 1.10. The summed E-state index contributed by atoms with van der Waals surface area (Å²) in [6, 6.07) is 0. The van der Waals surface area contributed by atoms with E-state index in [0.29, 0.717) is 6.61 Å². The first-order valence-corrected chi connectivity index (χ1v) is 3.51. The van der Waals surface area contributed by atoms with Crippen molar-refractivity contribution in [2.75, 3.05) is 6.61 Å². The van der Waals surface area contributed by atoms with Crippen LogP contribution >= 0.6 is 0 Å². The molecule has 1 aliphatic carbocycles. The first-order chi connectivity index (χ1) is 4.33. The lowest BCUT2D eigenvalue weighted by Gasteiger charge is -2.35. The molecule has 0 N–H and O–H groups in total. The van der Waals surface area contributed by atoms with Crippen LogP contribution in [0, 0.1) is 5.41 Å². The van der Waals surface area contributed by atoms with Crippen molar-refractivity contribution in [3.63, 3.8) is 0 Å². The van der Waals surface area contributed by atoms with Gasteiger partial charge in [0.2, 0.25) is 0 Å². The lowest BCUT2D eigenvalue weighted by Crippen LogP contribution is -2.45. The maximum absolute atomic E-state index is 10.8. The van der Waals surface area contributed by atoms with Gasteiger partial charge in [0.1, 0.15) is 12.0 Å². The van der Waals surface area contributed by atoms with Crippen molar-refractivity contribution in [1.82, 2.24) is 0 Å². The zero-order valence-corrected chi connectivity index (χ0v) is 5.35. The van der Waals surface area contributed by atoms with Gasteiger partial charge in [-0.05, 0) is 12.8 Å². The Morgan fingerprint density at radius 2 is 2.00 bits per heavy atom. The number of esters is 1. The Kier molecular flexibility index (Phi) is 0.875. The third-order valence-electron chi connectivity index (χ3n) is 2.47. The molecular formula is C7H10O2. The molecule has 50 valence electrons. The smallest absolute Gasteiger partial charge is 0.315 e. The summed E-state index contributed by atoms with van der Waals surface area (Å²) in [6.07, 6.45) is 4.59. The van der Waals surface area contributed by atoms with Gasteiger partial charge >= 0.3 is 5.97 Å². The van der Waals surface area contributed by atoms with Crippen molar-refractivity contribution in [2.45, 2.75) is 25.7 Å². The summed E-state index contributed by atoms with van der Waals surface area (Å²) in [6.45, 7) is 0.700. The monoisotopic (exact) mass is 126 g/mol. The molecule has 2 nitrogen and oxygen atoms in total. The van der Waals surface area contributed by atoms with E-state index in [1.807, 2.05) is 0 Å². The zero-order chi connectivity index (χ0) is 6.32. The molecule has 0 radical (unpaired) electrons. The number of hydrogen-bond donors (Lipinski definition) is 0. The summed E-state index contributed by atoms with van der Waals surface area (Å²) in [5.41, 5.74) is 0.0139. The molecule has 2 heteroatoms. The molecule has 0 aromatic heterocycles. The van der Waals surface area contributed by atoms with Gasteiger partial charge in [-0.25, -0.2) is 0 Å². The van der Waals surface area contributed by atoms with Crippen LogP contribution in [0.2, 0.25) is 0 Å². The quantitative estimate of drug-likeness (QED) is 0.454. The van der Waals surface area contributed by atoms with Gasteiger partial charge in [-0.2, -0.15) is 0 Å². The van der Waals surface area contributed by atoms with E-state index in [-0.39, 0.29) is 11.4 Å². The van der Waals surface area contributed by atoms with Crippen LogP contribution in [0.15, 0.2) is 0 Å². The minimum atomic E-state index is 0.0139. The van der Waals surface area contributed by atoms with E-state index in [4.69, 9.17) is 4.74 Å². The van der Waals surface area contributed by atoms with Gasteiger partial charge in [0.15, 0.2) is 0 Å². The van der Waals surface area contributed by atoms with E-state index in [1.165, 1.54) is 12.8 Å². The first-order valence-electron chi connectivity index (χ1n) is 3.51. The summed E-state index contributed by atoms with van der Waals surface area (Å²) in [5.74, 6) is 0.0556. The van der Waals surface area contributed by atoms with Crippen LogP contribution in [0.3, 0.4) is 0 Å². The first kappa shape index (κ1) is 5.27. The number of hydrogen-bond acceptors (Lipinski definition) is 2. The Bertz CT molecular complexity index is 145. The van der Waals surface area contributed by atoms with E-state index in [1.54, 1.807) is 0 Å². The maximum atomic E-state index is 10.8. The molecule has 9 heavy (non-hydrogen) atoms. The lowest BCUT2D eigenvalue weighted by atomic mass is 9.83. The van der Waals surface area contributed by atoms with Crippen LogP contribution in [0.1, 0.15) is 25.7 Å². The molecule has 1 heterocycles. The van der Waals surface area contributed by atoms with Gasteiger partial charge in [0.05, 0.1) is 0 Å². The summed E-state index contributed by atoms with van der Waals surface area (Å²) < 4.78 is 4.73. The number of carbonyl (C=O) groups excluding carboxylic acids is 1. The fourth-order valence-electron chi connectivity index (χ4n) is 1.74. The van der Waals surface area contributed by atoms with Gasteiger partial charge in [0.25, 0.3) is 0 Å². The largest absolute Gasteiger partial charge is 0.464 e. The third-order valence-corrected chi connectivity index (χ3v) is 2.47. The summed E-state index contributed by atoms with van der Waals surface area (Å²) in [7, 11) is 0. The average Bonchev–Trinajstić information content (AvgIpc) is 2.34. The lowest BCUT2D eigenvalue weighted by molar-refractivity contribution is -0.184. The van der Waals surface area contributed by atoms with Crippen molar-refractivity contribution >= 4 is 5.97 Å². The fraction of sp³-hybridized carbons (Fsp3) is 0.857. The molecule has 0 atom stereocenters. The maximum Gasteiger partial charge on any atom is 0.315 e. The van der Waals surface area contributed by atoms with Gasteiger partial charge in [-0.15, -0.1) is 0 Å². The number of carbonyl (C=O) groups is 1. The highest BCUT2D eigenvalue weighted by Crippen LogP contribution is 2.44. The van der Waals surface area contributed by atoms with Crippen molar-refractivity contribution in [1.29, 1.82) is 0 Å². The molecule has 0 aromatic carbocycles. The molecule has 0 unspecified atom stereocenters. The minimum absolute atomic E-state index is 0.0139. The molecular weight excluding hydrogens is 116 g/mol. The zero-order valence-electron chi connectivity index (χ0n) is 5.35. The van der Waals surface area contributed by atoms with E-state index < -0.39 is 0 Å². The Labute approximate surface area is 54.2 Å². The fourth-order valence-corrected chi connectivity index (χ4v) is 1.74. The van der Waals surface area contributed by atoms with Crippen LogP contribution in [0.4, 0.5) is 0 Å². The van der Waals surface area contributed by atoms with Crippen molar-refractivity contribution in [2.24, 2.45) is 5.41 Å². The van der Waals surface area contributed by atoms with E-state index in [2.05, 4.69) is 0 Å². The normalized spacial score (nSPS) is 30.0. The van der Waals surface area contributed by atoms with E-state index >= 15 is 0 Å². The van der Waals surface area contributed by atoms with Gasteiger partial charge in [-0.3, -0.25) is 4.79 Å². The summed E-state index contributed by atoms with van der Waals surface area (Å²) in [4.78, 5) is 10.8. The molecule has 0 bridgehead atoms. The summed E-state index contributed by atoms with van der Waals surface area (Å²) in [5, 5.41) is 0. The SMILES string of the molecule is O=C1OCC12CCCC2. The average molecular weight is 126 g/mol. The number of ether oxygens (including phenoxy) is 1. The second-order valence-electron chi connectivity index (χ2n) is 3.06. The van der Waals surface area contributed by atoms with Crippen LogP contribution in [0.5, 0.6) is 0 Å². The summed E-state index contributed by atoms with van der Waals surface area (Å²) >= 11 is 0. The topological polar surface area (TPSA) is 26.3 Å². The molecule has 2 aliphatic rings. The number of cyclic esters (lactones) is 1. The third kappa shape index (κ3) is 0.533. The van der Waals surface area contributed by atoms with Crippen molar-refractivity contribution in [3.05, 3.63) is 0 Å². The highest BCUT2D eigenvalue weighted by Gasteiger charge is 2.50. The molecule has 1 saturated heterocycles. The Morgan fingerprint density at radius 3 is 2.22 bits per heavy atom. The Hall–Kier alpha value is -0.530. The second kappa shape index (κ2) is 1.49. The Morgan fingerprint density at radius 1 is 1.33 bits per heavy atom. The van der Waals surface area contributed by atoms with Crippen molar-refractivity contribution in [3.8, 4) is 0 Å². The Balaban J connectivity index is 2.14. The molecule has 1 saturated carbocycles. The van der Waals surface area contributed by atoms with Crippen molar-refractivity contribution < 1.29 is 9.53 Å². The number of rotatable bonds is 0. The van der Waals surface area contributed by atoms with Crippen LogP contribution in [-0.2, 0) is 9.53 Å². The molecule has 0 amide bonds. The highest BCUT2D eigenvalue weighted by atomic mass is 16.6. The standard InChI is InChI=1S/C7H10O2/c8-6-7(5-9-6)3-1-2-4-7/h1-5H2. The van der Waals surface area contributed by atoms with Crippen LogP contribution < -0.4 is 0 Å². The van der Waals surface area contributed by atoms with Crippen LogP contribution in [-0.4, -0.2) is 12.6 Å². The second-order valence-corrected chi connectivity index (χ2v) is 3.06. The highest BCUT2D eigenvalue weighted by molar-refractivity contribution is 5.82. The molecule has 2 fully saturated rings.